The lowest BCUT2D eigenvalue weighted by Crippen LogP contribution is -2.04. The zero-order valence-corrected chi connectivity index (χ0v) is 36.6. The SMILES string of the molecule is CCCCCCCCc1cc2c(cc1OCCCCC)c1cc(OCCCCC)c(OCCCCC)cc1c1cc(OCCCCC)c(OCCCCC)cc21. The number of ether oxygens (including phenoxy) is 5. The van der Waals surface area contributed by atoms with E-state index in [0.717, 1.165) is 141 Å². The highest BCUT2D eigenvalue weighted by Gasteiger charge is 2.20. The summed E-state index contributed by atoms with van der Waals surface area (Å²) in [5, 5.41) is 7.09. The number of hydrogen-bond acceptors (Lipinski definition) is 5. The highest BCUT2D eigenvalue weighted by molar-refractivity contribution is 6.26. The second kappa shape index (κ2) is 26.6. The highest BCUT2D eigenvalue weighted by atomic mass is 16.5. The van der Waals surface area contributed by atoms with Crippen LogP contribution >= 0.6 is 0 Å². The van der Waals surface area contributed by atoms with Crippen LogP contribution in [-0.2, 0) is 6.42 Å². The van der Waals surface area contributed by atoms with Crippen molar-refractivity contribution in [3.63, 3.8) is 0 Å². The van der Waals surface area contributed by atoms with Gasteiger partial charge >= 0.3 is 0 Å². The van der Waals surface area contributed by atoms with Crippen molar-refractivity contribution < 1.29 is 23.7 Å². The van der Waals surface area contributed by atoms with Gasteiger partial charge in [0.15, 0.2) is 23.0 Å². The van der Waals surface area contributed by atoms with Gasteiger partial charge in [0.2, 0.25) is 0 Å². The van der Waals surface area contributed by atoms with Crippen molar-refractivity contribution in [2.24, 2.45) is 0 Å². The van der Waals surface area contributed by atoms with E-state index in [9.17, 15) is 0 Å². The van der Waals surface area contributed by atoms with E-state index >= 15 is 0 Å². The number of aryl methyl sites for hydroxylation is 1. The molecule has 4 aromatic carbocycles. The van der Waals surface area contributed by atoms with E-state index in [1.54, 1.807) is 0 Å². The third kappa shape index (κ3) is 13.9. The normalized spacial score (nSPS) is 11.5. The quantitative estimate of drug-likeness (QED) is 0.0365. The van der Waals surface area contributed by atoms with Crippen LogP contribution < -0.4 is 23.7 Å². The second-order valence-corrected chi connectivity index (χ2v) is 16.0. The minimum Gasteiger partial charge on any atom is -0.493 e. The Labute approximate surface area is 341 Å². The molecule has 5 nitrogen and oxygen atoms in total. The lowest BCUT2D eigenvalue weighted by atomic mass is 9.91. The fraction of sp³-hybridized carbons (Fsp3) is 0.647. The second-order valence-electron chi connectivity index (χ2n) is 16.0. The van der Waals surface area contributed by atoms with Crippen molar-refractivity contribution in [1.82, 2.24) is 0 Å². The first kappa shape index (κ1) is 45.4. The molecule has 0 unspecified atom stereocenters. The van der Waals surface area contributed by atoms with Gasteiger partial charge in [-0.1, -0.05) is 138 Å². The van der Waals surface area contributed by atoms with Crippen molar-refractivity contribution in [2.75, 3.05) is 33.0 Å². The van der Waals surface area contributed by atoms with Gasteiger partial charge in [0.25, 0.3) is 0 Å². The van der Waals surface area contributed by atoms with E-state index in [1.165, 1.54) is 73.1 Å². The average molecular weight is 771 g/mol. The summed E-state index contributed by atoms with van der Waals surface area (Å²) in [6.07, 6.45) is 25.4. The molecular weight excluding hydrogens is 693 g/mol. The van der Waals surface area contributed by atoms with Crippen LogP contribution in [0, 0.1) is 0 Å². The van der Waals surface area contributed by atoms with Crippen LogP contribution in [0.4, 0.5) is 0 Å². The van der Waals surface area contributed by atoms with Gasteiger partial charge in [0.1, 0.15) is 5.75 Å². The molecular formula is C51H78O5. The van der Waals surface area contributed by atoms with Gasteiger partial charge in [0.05, 0.1) is 33.0 Å². The van der Waals surface area contributed by atoms with Crippen LogP contribution in [0.5, 0.6) is 28.7 Å². The molecule has 0 amide bonds. The predicted molar refractivity (Wildman–Crippen MR) is 241 cm³/mol. The summed E-state index contributed by atoms with van der Waals surface area (Å²) in [5.74, 6) is 4.36. The summed E-state index contributed by atoms with van der Waals surface area (Å²) >= 11 is 0. The lowest BCUT2D eigenvalue weighted by Gasteiger charge is -2.21. The molecule has 0 N–H and O–H groups in total. The third-order valence-electron chi connectivity index (χ3n) is 11.1. The first-order valence-corrected chi connectivity index (χ1v) is 23.3. The van der Waals surface area contributed by atoms with Crippen LogP contribution in [0.3, 0.4) is 0 Å². The first-order chi connectivity index (χ1) is 27.6. The molecule has 0 aliphatic carbocycles. The Morgan fingerprint density at radius 3 is 0.857 bits per heavy atom. The molecule has 0 aliphatic rings. The lowest BCUT2D eigenvalue weighted by molar-refractivity contribution is 0.260. The van der Waals surface area contributed by atoms with Gasteiger partial charge in [-0.15, -0.1) is 0 Å². The fourth-order valence-corrected chi connectivity index (χ4v) is 7.63. The molecule has 0 heterocycles. The monoisotopic (exact) mass is 771 g/mol. The average Bonchev–Trinajstić information content (AvgIpc) is 3.21. The van der Waals surface area contributed by atoms with Crippen molar-refractivity contribution in [2.45, 2.75) is 183 Å². The summed E-state index contributed by atoms with van der Waals surface area (Å²) < 4.78 is 33.1. The Morgan fingerprint density at radius 1 is 0.268 bits per heavy atom. The minimum atomic E-state index is 0.676. The Morgan fingerprint density at radius 2 is 0.518 bits per heavy atom. The molecule has 56 heavy (non-hydrogen) atoms. The Bertz CT molecular complexity index is 1650. The van der Waals surface area contributed by atoms with Gasteiger partial charge in [-0.3, -0.25) is 0 Å². The molecule has 0 fully saturated rings. The highest BCUT2D eigenvalue weighted by Crippen LogP contribution is 2.46. The van der Waals surface area contributed by atoms with Crippen LogP contribution in [0.15, 0.2) is 36.4 Å². The van der Waals surface area contributed by atoms with Crippen LogP contribution in [-0.4, -0.2) is 33.0 Å². The third-order valence-corrected chi connectivity index (χ3v) is 11.1. The molecule has 312 valence electrons. The summed E-state index contributed by atoms with van der Waals surface area (Å²) in [6.45, 7) is 17.0. The van der Waals surface area contributed by atoms with E-state index in [4.69, 9.17) is 23.7 Å². The maximum Gasteiger partial charge on any atom is 0.161 e. The van der Waals surface area contributed by atoms with Gasteiger partial charge in [-0.2, -0.15) is 0 Å². The Balaban J connectivity index is 1.97. The first-order valence-electron chi connectivity index (χ1n) is 23.3. The van der Waals surface area contributed by atoms with E-state index in [2.05, 4.69) is 77.9 Å². The summed E-state index contributed by atoms with van der Waals surface area (Å²) in [6, 6.07) is 13.8. The van der Waals surface area contributed by atoms with Gasteiger partial charge in [-0.05, 0) is 119 Å². The van der Waals surface area contributed by atoms with Crippen molar-refractivity contribution in [3.05, 3.63) is 42.0 Å². The molecule has 0 saturated carbocycles. The van der Waals surface area contributed by atoms with Gasteiger partial charge < -0.3 is 23.7 Å². The van der Waals surface area contributed by atoms with Crippen molar-refractivity contribution >= 4 is 32.3 Å². The smallest absolute Gasteiger partial charge is 0.161 e. The number of benzene rings is 4. The summed E-state index contributed by atoms with van der Waals surface area (Å²) in [7, 11) is 0. The van der Waals surface area contributed by atoms with E-state index in [0.29, 0.717) is 26.4 Å². The zero-order chi connectivity index (χ0) is 39.8. The fourth-order valence-electron chi connectivity index (χ4n) is 7.63. The topological polar surface area (TPSA) is 46.2 Å². The molecule has 4 rings (SSSR count). The molecule has 0 radical (unpaired) electrons. The van der Waals surface area contributed by atoms with Gasteiger partial charge in [0, 0.05) is 0 Å². The van der Waals surface area contributed by atoms with Crippen LogP contribution in [0.1, 0.15) is 182 Å². The Kier molecular flexibility index (Phi) is 21.5. The van der Waals surface area contributed by atoms with Gasteiger partial charge in [-0.25, -0.2) is 0 Å². The predicted octanol–water partition coefficient (Wildman–Crippen LogP) is 15.9. The standard InChI is InChI=1S/C51H78O5/c1-7-13-19-20-21-22-28-40-34-41-42(35-47(40)52-29-23-14-8-2)44-37-49(54-31-25-16-10-4)51(56-33-27-18-12-6)39-46(44)45-38-50(55-32-26-17-11-5)48(36-43(41)45)53-30-24-15-9-3/h34-39H,7-33H2,1-6H3. The molecule has 4 aromatic rings. The van der Waals surface area contributed by atoms with E-state index < -0.39 is 0 Å². The molecule has 0 spiro atoms. The van der Waals surface area contributed by atoms with E-state index in [-0.39, 0.29) is 0 Å². The molecule has 0 aliphatic heterocycles. The molecule has 0 atom stereocenters. The number of fused-ring (bicyclic) bond motifs is 6. The van der Waals surface area contributed by atoms with Crippen molar-refractivity contribution in [1.29, 1.82) is 0 Å². The number of unbranched alkanes of at least 4 members (excludes halogenated alkanes) is 15. The molecule has 0 saturated heterocycles. The largest absolute Gasteiger partial charge is 0.493 e. The maximum atomic E-state index is 6.71. The number of hydrogen-bond donors (Lipinski definition) is 0. The van der Waals surface area contributed by atoms with E-state index in [1.807, 2.05) is 0 Å². The van der Waals surface area contributed by atoms with Crippen LogP contribution in [0.2, 0.25) is 0 Å². The number of rotatable bonds is 32. The van der Waals surface area contributed by atoms with Crippen LogP contribution in [0.25, 0.3) is 32.3 Å². The van der Waals surface area contributed by atoms with Crippen molar-refractivity contribution in [3.8, 4) is 28.7 Å². The molecule has 0 aromatic heterocycles. The molecule has 5 heteroatoms. The maximum absolute atomic E-state index is 6.71. The molecule has 0 bridgehead atoms. The Hall–Kier alpha value is -3.34. The summed E-state index contributed by atoms with van der Waals surface area (Å²) in [4.78, 5) is 0. The summed E-state index contributed by atoms with van der Waals surface area (Å²) in [5.41, 5.74) is 1.31. The zero-order valence-electron chi connectivity index (χ0n) is 36.6. The minimum absolute atomic E-state index is 0.676.